The van der Waals surface area contributed by atoms with Crippen LogP contribution in [0.2, 0.25) is 5.02 Å². The number of amides is 1. The molecule has 0 aliphatic heterocycles. The van der Waals surface area contributed by atoms with Crippen LogP contribution in [0.3, 0.4) is 0 Å². The Morgan fingerprint density at radius 1 is 1.30 bits per heavy atom. The highest BCUT2D eigenvalue weighted by Crippen LogP contribution is 2.26. The van der Waals surface area contributed by atoms with Gasteiger partial charge in [-0.2, -0.15) is 0 Å². The highest BCUT2D eigenvalue weighted by molar-refractivity contribution is 6.30. The second kappa shape index (κ2) is 10.8. The van der Waals surface area contributed by atoms with E-state index in [0.29, 0.717) is 22.9 Å². The molecule has 150 valence electrons. The Bertz CT molecular complexity index is 679. The van der Waals surface area contributed by atoms with E-state index < -0.39 is 17.7 Å². The van der Waals surface area contributed by atoms with Crippen LogP contribution in [0.5, 0.6) is 5.75 Å². The number of carboxylic acids is 1. The van der Waals surface area contributed by atoms with Crippen LogP contribution in [0, 0.1) is 0 Å². The predicted octanol–water partition coefficient (Wildman–Crippen LogP) is 4.90. The van der Waals surface area contributed by atoms with Gasteiger partial charge in [0.05, 0.1) is 6.61 Å². The molecule has 6 nitrogen and oxygen atoms in total. The number of aliphatic carboxylic acids is 1. The van der Waals surface area contributed by atoms with Gasteiger partial charge in [0.2, 0.25) is 0 Å². The highest BCUT2D eigenvalue weighted by atomic mass is 35.5. The first kappa shape index (κ1) is 22.8. The van der Waals surface area contributed by atoms with Gasteiger partial charge in [0.15, 0.2) is 0 Å². The van der Waals surface area contributed by atoms with E-state index in [9.17, 15) is 14.7 Å². The third kappa shape index (κ3) is 9.33. The number of ether oxygens (including phenoxy) is 2. The molecule has 0 saturated heterocycles. The number of hydrogen-bond acceptors (Lipinski definition) is 4. The zero-order chi connectivity index (χ0) is 20.4. The minimum absolute atomic E-state index is 0.133. The van der Waals surface area contributed by atoms with Crippen molar-refractivity contribution in [3.63, 3.8) is 0 Å². The van der Waals surface area contributed by atoms with Gasteiger partial charge in [-0.25, -0.2) is 9.59 Å². The number of alkyl carbamates (subject to hydrolysis) is 1. The summed E-state index contributed by atoms with van der Waals surface area (Å²) in [6.45, 7) is 8.02. The number of hydrogen-bond donors (Lipinski definition) is 2. The lowest BCUT2D eigenvalue weighted by molar-refractivity contribution is -0.132. The monoisotopic (exact) mass is 397 g/mol. The van der Waals surface area contributed by atoms with E-state index in [4.69, 9.17) is 21.1 Å². The Morgan fingerprint density at radius 2 is 2.00 bits per heavy atom. The average Bonchev–Trinajstić information content (AvgIpc) is 2.54. The fourth-order valence-corrected chi connectivity index (χ4v) is 2.31. The SMILES string of the molecule is CCCCOc1ccc(Cl)cc1C=C(CCNC(=O)OC(C)(C)C)C(=O)O. The fourth-order valence-electron chi connectivity index (χ4n) is 2.13. The fraction of sp³-hybridized carbons (Fsp3) is 0.500. The largest absolute Gasteiger partial charge is 0.493 e. The molecular weight excluding hydrogens is 370 g/mol. The molecule has 0 radical (unpaired) electrons. The summed E-state index contributed by atoms with van der Waals surface area (Å²) in [6.07, 6.45) is 2.97. The molecular formula is C20H28ClNO5. The van der Waals surface area contributed by atoms with Crippen LogP contribution in [-0.2, 0) is 9.53 Å². The van der Waals surface area contributed by atoms with Crippen molar-refractivity contribution in [2.45, 2.75) is 52.6 Å². The maximum absolute atomic E-state index is 11.7. The molecule has 0 heterocycles. The minimum atomic E-state index is -1.07. The number of rotatable bonds is 9. The van der Waals surface area contributed by atoms with Gasteiger partial charge in [-0.05, 0) is 57.9 Å². The van der Waals surface area contributed by atoms with E-state index in [-0.39, 0.29) is 18.5 Å². The van der Waals surface area contributed by atoms with E-state index in [1.807, 2.05) is 0 Å². The molecule has 0 saturated carbocycles. The number of nitrogens with one attached hydrogen (secondary N) is 1. The van der Waals surface area contributed by atoms with Crippen LogP contribution >= 0.6 is 11.6 Å². The van der Waals surface area contributed by atoms with Crippen LogP contribution in [0.1, 0.15) is 52.5 Å². The summed E-state index contributed by atoms with van der Waals surface area (Å²) in [4.78, 5) is 23.3. The maximum atomic E-state index is 11.7. The summed E-state index contributed by atoms with van der Waals surface area (Å²) in [5.41, 5.74) is 0.114. The van der Waals surface area contributed by atoms with Gasteiger partial charge < -0.3 is 19.9 Å². The molecule has 0 aliphatic rings. The Morgan fingerprint density at radius 3 is 2.59 bits per heavy atom. The number of halogens is 1. The van der Waals surface area contributed by atoms with Crippen molar-refractivity contribution < 1.29 is 24.2 Å². The van der Waals surface area contributed by atoms with Gasteiger partial charge in [0, 0.05) is 22.7 Å². The second-order valence-corrected chi connectivity index (χ2v) is 7.47. The topological polar surface area (TPSA) is 84.9 Å². The molecule has 0 fully saturated rings. The lowest BCUT2D eigenvalue weighted by Crippen LogP contribution is -2.33. The molecule has 1 aromatic rings. The van der Waals surface area contributed by atoms with Crippen LogP contribution in [0.25, 0.3) is 6.08 Å². The molecule has 0 unspecified atom stereocenters. The quantitative estimate of drug-likeness (QED) is 0.457. The van der Waals surface area contributed by atoms with Crippen LogP contribution < -0.4 is 10.1 Å². The van der Waals surface area contributed by atoms with E-state index in [1.54, 1.807) is 39.0 Å². The summed E-state index contributed by atoms with van der Waals surface area (Å²) >= 11 is 6.04. The first-order chi connectivity index (χ1) is 12.6. The maximum Gasteiger partial charge on any atom is 0.407 e. The first-order valence-electron chi connectivity index (χ1n) is 8.95. The summed E-state index contributed by atoms with van der Waals surface area (Å²) in [5, 5.41) is 12.5. The molecule has 27 heavy (non-hydrogen) atoms. The molecule has 0 aromatic heterocycles. The van der Waals surface area contributed by atoms with E-state index in [0.717, 1.165) is 12.8 Å². The van der Waals surface area contributed by atoms with E-state index in [2.05, 4.69) is 12.2 Å². The summed E-state index contributed by atoms with van der Waals surface area (Å²) in [5.74, 6) is -0.493. The van der Waals surface area contributed by atoms with Gasteiger partial charge in [0.1, 0.15) is 11.4 Å². The molecule has 0 atom stereocenters. The Balaban J connectivity index is 2.84. The number of carbonyl (C=O) groups excluding carboxylic acids is 1. The molecule has 1 rings (SSSR count). The molecule has 1 amide bonds. The Labute approximate surface area is 165 Å². The van der Waals surface area contributed by atoms with Gasteiger partial charge in [-0.3, -0.25) is 0 Å². The average molecular weight is 398 g/mol. The normalized spacial score (nSPS) is 11.8. The minimum Gasteiger partial charge on any atom is -0.493 e. The van der Waals surface area contributed by atoms with Crippen LogP contribution in [0.15, 0.2) is 23.8 Å². The number of carboxylic acid groups (broad SMARTS) is 1. The van der Waals surface area contributed by atoms with Gasteiger partial charge in [-0.15, -0.1) is 0 Å². The molecule has 2 N–H and O–H groups in total. The Hall–Kier alpha value is -2.21. The van der Waals surface area contributed by atoms with Gasteiger partial charge in [-0.1, -0.05) is 24.9 Å². The Kier molecular flexibility index (Phi) is 9.15. The van der Waals surface area contributed by atoms with Crippen molar-refractivity contribution in [1.82, 2.24) is 5.32 Å². The number of carbonyl (C=O) groups is 2. The van der Waals surface area contributed by atoms with Crippen LogP contribution in [-0.4, -0.2) is 35.9 Å². The van der Waals surface area contributed by atoms with Crippen molar-refractivity contribution in [2.75, 3.05) is 13.2 Å². The predicted molar refractivity (Wildman–Crippen MR) is 106 cm³/mol. The summed E-state index contributed by atoms with van der Waals surface area (Å²) in [6, 6.07) is 5.08. The summed E-state index contributed by atoms with van der Waals surface area (Å²) in [7, 11) is 0. The summed E-state index contributed by atoms with van der Waals surface area (Å²) < 4.78 is 10.9. The first-order valence-corrected chi connectivity index (χ1v) is 9.33. The number of benzene rings is 1. The molecule has 0 aliphatic carbocycles. The van der Waals surface area contributed by atoms with E-state index >= 15 is 0 Å². The molecule has 1 aromatic carbocycles. The smallest absolute Gasteiger partial charge is 0.407 e. The zero-order valence-electron chi connectivity index (χ0n) is 16.3. The molecule has 0 bridgehead atoms. The van der Waals surface area contributed by atoms with Crippen molar-refractivity contribution in [1.29, 1.82) is 0 Å². The standard InChI is InChI=1S/C20H28ClNO5/c1-5-6-11-26-17-8-7-16(21)13-15(17)12-14(18(23)24)9-10-22-19(25)27-20(2,3)4/h7-8,12-13H,5-6,9-11H2,1-4H3,(H,22,25)(H,23,24). The van der Waals surface area contributed by atoms with Gasteiger partial charge in [0.25, 0.3) is 0 Å². The lowest BCUT2D eigenvalue weighted by Gasteiger charge is -2.19. The van der Waals surface area contributed by atoms with Crippen molar-refractivity contribution in [3.8, 4) is 5.75 Å². The highest BCUT2D eigenvalue weighted by Gasteiger charge is 2.16. The molecule has 7 heteroatoms. The van der Waals surface area contributed by atoms with Crippen LogP contribution in [0.4, 0.5) is 4.79 Å². The number of unbranched alkanes of at least 4 members (excludes halogenated alkanes) is 1. The van der Waals surface area contributed by atoms with Gasteiger partial charge >= 0.3 is 12.1 Å². The van der Waals surface area contributed by atoms with Crippen molar-refractivity contribution in [3.05, 3.63) is 34.4 Å². The third-order valence-corrected chi connectivity index (χ3v) is 3.63. The van der Waals surface area contributed by atoms with E-state index in [1.165, 1.54) is 6.08 Å². The van der Waals surface area contributed by atoms with Crippen molar-refractivity contribution in [2.24, 2.45) is 0 Å². The molecule has 0 spiro atoms. The van der Waals surface area contributed by atoms with Crippen molar-refractivity contribution >= 4 is 29.7 Å². The second-order valence-electron chi connectivity index (χ2n) is 7.04. The zero-order valence-corrected chi connectivity index (χ0v) is 17.1. The lowest BCUT2D eigenvalue weighted by atomic mass is 10.1. The third-order valence-electron chi connectivity index (χ3n) is 3.39.